The van der Waals surface area contributed by atoms with E-state index in [4.69, 9.17) is 16.9 Å². The SMILES string of the molecule is C#COc1cccc(N)c1. The maximum Gasteiger partial charge on any atom is 0.142 e. The summed E-state index contributed by atoms with van der Waals surface area (Å²) in [6.45, 7) is 0. The molecule has 0 saturated carbocycles. The zero-order valence-electron chi connectivity index (χ0n) is 5.37. The number of nitrogen functional groups attached to an aromatic ring is 1. The van der Waals surface area contributed by atoms with Gasteiger partial charge in [0.15, 0.2) is 0 Å². The second-order valence-electron chi connectivity index (χ2n) is 1.79. The normalized spacial score (nSPS) is 8.30. The molecule has 0 saturated heterocycles. The van der Waals surface area contributed by atoms with E-state index >= 15 is 0 Å². The van der Waals surface area contributed by atoms with Crippen molar-refractivity contribution >= 4 is 5.69 Å². The largest absolute Gasteiger partial charge is 0.408 e. The summed E-state index contributed by atoms with van der Waals surface area (Å²) in [5, 5.41) is 0. The van der Waals surface area contributed by atoms with Gasteiger partial charge < -0.3 is 10.5 Å². The Hall–Kier alpha value is -1.62. The molecular formula is C8H7NO. The van der Waals surface area contributed by atoms with Gasteiger partial charge in [-0.2, -0.15) is 0 Å². The summed E-state index contributed by atoms with van der Waals surface area (Å²) in [5.74, 6) is 0.600. The summed E-state index contributed by atoms with van der Waals surface area (Å²) in [5.41, 5.74) is 6.09. The molecule has 50 valence electrons. The van der Waals surface area contributed by atoms with E-state index in [1.165, 1.54) is 0 Å². The van der Waals surface area contributed by atoms with Crippen molar-refractivity contribution in [1.29, 1.82) is 0 Å². The molecule has 2 N–H and O–H groups in total. The Labute approximate surface area is 59.6 Å². The molecule has 2 heteroatoms. The number of anilines is 1. The highest BCUT2D eigenvalue weighted by atomic mass is 16.5. The Morgan fingerprint density at radius 3 is 2.90 bits per heavy atom. The molecular weight excluding hydrogens is 126 g/mol. The van der Waals surface area contributed by atoms with Crippen molar-refractivity contribution in [2.75, 3.05) is 5.73 Å². The highest BCUT2D eigenvalue weighted by molar-refractivity contribution is 5.43. The Kier molecular flexibility index (Phi) is 1.81. The lowest BCUT2D eigenvalue weighted by atomic mass is 10.3. The van der Waals surface area contributed by atoms with E-state index in [-0.39, 0.29) is 0 Å². The summed E-state index contributed by atoms with van der Waals surface area (Å²) in [4.78, 5) is 0. The van der Waals surface area contributed by atoms with Gasteiger partial charge >= 0.3 is 0 Å². The van der Waals surface area contributed by atoms with Crippen molar-refractivity contribution in [2.24, 2.45) is 0 Å². The van der Waals surface area contributed by atoms with Crippen LogP contribution in [0.3, 0.4) is 0 Å². The fourth-order valence-electron chi connectivity index (χ4n) is 0.646. The van der Waals surface area contributed by atoms with E-state index in [9.17, 15) is 0 Å². The van der Waals surface area contributed by atoms with Crippen LogP contribution in [0.1, 0.15) is 0 Å². The van der Waals surface area contributed by atoms with Gasteiger partial charge in [0, 0.05) is 11.8 Å². The van der Waals surface area contributed by atoms with Crippen LogP contribution in [0.5, 0.6) is 5.75 Å². The molecule has 0 fully saturated rings. The lowest BCUT2D eigenvalue weighted by Crippen LogP contribution is -1.85. The van der Waals surface area contributed by atoms with Gasteiger partial charge in [-0.05, 0) is 12.1 Å². The third-order valence-corrected chi connectivity index (χ3v) is 1.03. The zero-order valence-corrected chi connectivity index (χ0v) is 5.37. The minimum Gasteiger partial charge on any atom is -0.408 e. The smallest absolute Gasteiger partial charge is 0.142 e. The molecule has 1 aromatic rings. The van der Waals surface area contributed by atoms with Crippen LogP contribution in [0.4, 0.5) is 5.69 Å². The van der Waals surface area contributed by atoms with Crippen molar-refractivity contribution in [2.45, 2.75) is 0 Å². The molecule has 0 unspecified atom stereocenters. The number of benzene rings is 1. The summed E-state index contributed by atoms with van der Waals surface area (Å²) in [6, 6.07) is 6.96. The number of nitrogens with two attached hydrogens (primary N) is 1. The van der Waals surface area contributed by atoms with Crippen LogP contribution in [-0.2, 0) is 0 Å². The first-order chi connectivity index (χ1) is 4.83. The number of hydrogen-bond donors (Lipinski definition) is 1. The molecule has 0 radical (unpaired) electrons. The van der Waals surface area contributed by atoms with Crippen molar-refractivity contribution < 1.29 is 4.74 Å². The Balaban J connectivity index is 2.87. The molecule has 2 nitrogen and oxygen atoms in total. The molecule has 0 bridgehead atoms. The fourth-order valence-corrected chi connectivity index (χ4v) is 0.646. The highest BCUT2D eigenvalue weighted by Crippen LogP contribution is 2.13. The van der Waals surface area contributed by atoms with Crippen LogP contribution in [0.2, 0.25) is 0 Å². The fraction of sp³-hybridized carbons (Fsp3) is 0. The molecule has 0 aliphatic carbocycles. The third kappa shape index (κ3) is 1.43. The van der Waals surface area contributed by atoms with E-state index in [0.29, 0.717) is 11.4 Å². The van der Waals surface area contributed by atoms with Gasteiger partial charge in [-0.15, -0.1) is 0 Å². The molecule has 0 spiro atoms. The lowest BCUT2D eigenvalue weighted by Gasteiger charge is -1.96. The van der Waals surface area contributed by atoms with Gasteiger partial charge in [0.25, 0.3) is 0 Å². The van der Waals surface area contributed by atoms with Crippen LogP contribution in [0.15, 0.2) is 24.3 Å². The second kappa shape index (κ2) is 2.79. The maximum absolute atomic E-state index is 5.44. The number of ether oxygens (including phenoxy) is 1. The molecule has 0 heterocycles. The maximum atomic E-state index is 5.44. The number of terminal acetylenes is 1. The number of hydrogen-bond acceptors (Lipinski definition) is 2. The molecule has 0 aliphatic rings. The average Bonchev–Trinajstić information content (AvgIpc) is 1.88. The van der Waals surface area contributed by atoms with Gasteiger partial charge in [-0.25, -0.2) is 0 Å². The van der Waals surface area contributed by atoms with Crippen LogP contribution in [-0.4, -0.2) is 0 Å². The Morgan fingerprint density at radius 1 is 1.50 bits per heavy atom. The second-order valence-corrected chi connectivity index (χ2v) is 1.79. The minimum absolute atomic E-state index is 0.600. The molecule has 0 aliphatic heterocycles. The van der Waals surface area contributed by atoms with Crippen molar-refractivity contribution in [1.82, 2.24) is 0 Å². The molecule has 10 heavy (non-hydrogen) atoms. The summed E-state index contributed by atoms with van der Waals surface area (Å²) in [6.07, 6.45) is 6.95. The Morgan fingerprint density at radius 2 is 2.30 bits per heavy atom. The average molecular weight is 133 g/mol. The zero-order chi connectivity index (χ0) is 7.40. The van der Waals surface area contributed by atoms with Crippen LogP contribution in [0, 0.1) is 12.5 Å². The quantitative estimate of drug-likeness (QED) is 0.462. The van der Waals surface area contributed by atoms with E-state index in [1.54, 1.807) is 24.3 Å². The van der Waals surface area contributed by atoms with Crippen LogP contribution >= 0.6 is 0 Å². The first-order valence-corrected chi connectivity index (χ1v) is 2.81. The van der Waals surface area contributed by atoms with E-state index < -0.39 is 0 Å². The first kappa shape index (κ1) is 6.50. The minimum atomic E-state index is 0.600. The molecule has 0 aromatic heterocycles. The Bertz CT molecular complexity index is 262. The molecule has 1 rings (SSSR count). The molecule has 1 aromatic carbocycles. The van der Waals surface area contributed by atoms with Crippen LogP contribution in [0.25, 0.3) is 0 Å². The van der Waals surface area contributed by atoms with Crippen molar-refractivity contribution in [3.8, 4) is 18.3 Å². The molecule has 0 atom stereocenters. The molecule has 0 amide bonds. The third-order valence-electron chi connectivity index (χ3n) is 1.03. The predicted octanol–water partition coefficient (Wildman–Crippen LogP) is 1.24. The van der Waals surface area contributed by atoms with Gasteiger partial charge in [-0.3, -0.25) is 0 Å². The van der Waals surface area contributed by atoms with E-state index in [0.717, 1.165) is 0 Å². The van der Waals surface area contributed by atoms with Crippen molar-refractivity contribution in [3.05, 3.63) is 24.3 Å². The van der Waals surface area contributed by atoms with Gasteiger partial charge in [0.1, 0.15) is 11.9 Å². The van der Waals surface area contributed by atoms with Crippen molar-refractivity contribution in [3.63, 3.8) is 0 Å². The first-order valence-electron chi connectivity index (χ1n) is 2.81. The van der Waals surface area contributed by atoms with E-state index in [2.05, 4.69) is 6.11 Å². The van der Waals surface area contributed by atoms with Gasteiger partial charge in [-0.1, -0.05) is 12.5 Å². The topological polar surface area (TPSA) is 35.2 Å². The summed E-state index contributed by atoms with van der Waals surface area (Å²) >= 11 is 0. The van der Waals surface area contributed by atoms with Gasteiger partial charge in [0.05, 0.1) is 0 Å². The number of rotatable bonds is 1. The van der Waals surface area contributed by atoms with E-state index in [1.807, 2.05) is 0 Å². The summed E-state index contributed by atoms with van der Waals surface area (Å²) < 4.78 is 4.73. The lowest BCUT2D eigenvalue weighted by molar-refractivity contribution is 0.521. The van der Waals surface area contributed by atoms with Gasteiger partial charge in [0.2, 0.25) is 0 Å². The van der Waals surface area contributed by atoms with Crippen LogP contribution < -0.4 is 10.5 Å². The highest BCUT2D eigenvalue weighted by Gasteiger charge is 1.89. The monoisotopic (exact) mass is 133 g/mol. The standard InChI is InChI=1S/C8H7NO/c1-2-10-8-5-3-4-7(9)6-8/h1,3-6H,9H2. The summed E-state index contributed by atoms with van der Waals surface area (Å²) in [7, 11) is 0. The predicted molar refractivity (Wildman–Crippen MR) is 40.3 cm³/mol.